The topological polar surface area (TPSA) is 95.5 Å². The Hall–Kier alpha value is -4.08. The van der Waals surface area contributed by atoms with Gasteiger partial charge in [0.25, 0.3) is 0 Å². The van der Waals surface area contributed by atoms with E-state index in [0.29, 0.717) is 41.3 Å². The number of oxazole rings is 1. The van der Waals surface area contributed by atoms with Gasteiger partial charge in [-0.15, -0.1) is 0 Å². The lowest BCUT2D eigenvalue weighted by Gasteiger charge is -2.26. The number of ether oxygens (including phenoxy) is 2. The van der Waals surface area contributed by atoms with E-state index < -0.39 is 5.76 Å². The third-order valence-corrected chi connectivity index (χ3v) is 6.34. The summed E-state index contributed by atoms with van der Waals surface area (Å²) >= 11 is 0. The number of nitrogens with zero attached hydrogens (tertiary/aromatic N) is 5. The smallest absolute Gasteiger partial charge is 0.420 e. The first-order chi connectivity index (χ1) is 17.7. The van der Waals surface area contributed by atoms with Crippen LogP contribution < -0.4 is 10.5 Å². The Morgan fingerprint density at radius 3 is 2.69 bits per heavy atom. The molecule has 0 radical (unpaired) electrons. The molecule has 182 valence electrons. The van der Waals surface area contributed by atoms with Crippen molar-refractivity contribution in [3.8, 4) is 17.1 Å². The van der Waals surface area contributed by atoms with Gasteiger partial charge in [0.05, 0.1) is 37.7 Å². The molecule has 9 nitrogen and oxygen atoms in total. The fourth-order valence-electron chi connectivity index (χ4n) is 4.46. The molecule has 1 aliphatic heterocycles. The Labute approximate surface area is 206 Å². The maximum Gasteiger partial charge on any atom is 0.420 e. The monoisotopic (exact) mass is 483 g/mol. The lowest BCUT2D eigenvalue weighted by molar-refractivity contribution is 0.0322. The van der Waals surface area contributed by atoms with Crippen molar-refractivity contribution in [2.75, 3.05) is 39.5 Å². The Bertz CT molecular complexity index is 1550. The summed E-state index contributed by atoms with van der Waals surface area (Å²) in [5.74, 6) is 0.820. The summed E-state index contributed by atoms with van der Waals surface area (Å²) in [6.45, 7) is 5.21. The van der Waals surface area contributed by atoms with Crippen LogP contribution in [-0.4, -0.2) is 63.9 Å². The van der Waals surface area contributed by atoms with Crippen molar-refractivity contribution >= 4 is 22.0 Å². The van der Waals surface area contributed by atoms with E-state index in [1.807, 2.05) is 48.5 Å². The van der Waals surface area contributed by atoms with Gasteiger partial charge in [0.2, 0.25) is 0 Å². The summed E-state index contributed by atoms with van der Waals surface area (Å²) in [5.41, 5.74) is 3.70. The lowest BCUT2D eigenvalue weighted by Crippen LogP contribution is -2.38. The van der Waals surface area contributed by atoms with E-state index in [1.54, 1.807) is 23.2 Å². The average Bonchev–Trinajstić information content (AvgIpc) is 3.25. The van der Waals surface area contributed by atoms with E-state index in [4.69, 9.17) is 13.9 Å². The molecule has 0 saturated carbocycles. The molecular weight excluding hydrogens is 458 g/mol. The molecule has 0 N–H and O–H groups in total. The summed E-state index contributed by atoms with van der Waals surface area (Å²) in [6.07, 6.45) is 5.09. The molecule has 4 heterocycles. The molecular formula is C27H25N5O4. The zero-order chi connectivity index (χ0) is 24.3. The number of benzene rings is 2. The van der Waals surface area contributed by atoms with E-state index in [1.165, 1.54) is 0 Å². The van der Waals surface area contributed by atoms with Gasteiger partial charge in [0.1, 0.15) is 12.1 Å². The predicted octanol–water partition coefficient (Wildman–Crippen LogP) is 3.36. The van der Waals surface area contributed by atoms with Crippen molar-refractivity contribution in [1.82, 2.24) is 24.4 Å². The van der Waals surface area contributed by atoms with Crippen LogP contribution in [0.4, 0.5) is 0 Å². The highest BCUT2D eigenvalue weighted by Gasteiger charge is 2.14. The molecule has 9 heteroatoms. The van der Waals surface area contributed by atoms with Gasteiger partial charge in [-0.2, -0.15) is 0 Å². The van der Waals surface area contributed by atoms with Gasteiger partial charge in [-0.1, -0.05) is 30.3 Å². The van der Waals surface area contributed by atoms with Crippen LogP contribution in [0, 0.1) is 0 Å². The summed E-state index contributed by atoms with van der Waals surface area (Å²) in [4.78, 5) is 28.4. The van der Waals surface area contributed by atoms with Gasteiger partial charge >= 0.3 is 5.76 Å². The Morgan fingerprint density at radius 2 is 1.83 bits per heavy atom. The van der Waals surface area contributed by atoms with Crippen LogP contribution in [0.25, 0.3) is 33.4 Å². The standard InChI is InChI=1S/C27H25N5O4/c33-27-32(23-7-6-20-5-2-8-28-24(20)25(23)36-27)18-19-3-1-4-21(15-19)26-29-16-22(17-30-26)35-14-11-31-9-12-34-13-10-31/h1-8,15-17H,9-14,18H2. The van der Waals surface area contributed by atoms with Crippen LogP contribution in [0.3, 0.4) is 0 Å². The summed E-state index contributed by atoms with van der Waals surface area (Å²) in [5, 5.41) is 0.929. The molecule has 1 fully saturated rings. The molecule has 36 heavy (non-hydrogen) atoms. The van der Waals surface area contributed by atoms with Crippen LogP contribution in [0.15, 0.2) is 76.3 Å². The van der Waals surface area contributed by atoms with Crippen molar-refractivity contribution in [3.05, 3.63) is 83.2 Å². The van der Waals surface area contributed by atoms with Crippen LogP contribution in [0.2, 0.25) is 0 Å². The molecule has 1 aliphatic rings. The highest BCUT2D eigenvalue weighted by molar-refractivity contribution is 6.00. The van der Waals surface area contributed by atoms with E-state index in [0.717, 1.165) is 49.4 Å². The predicted molar refractivity (Wildman–Crippen MR) is 135 cm³/mol. The summed E-state index contributed by atoms with van der Waals surface area (Å²) < 4.78 is 18.4. The molecule has 3 aromatic heterocycles. The second-order valence-corrected chi connectivity index (χ2v) is 8.69. The van der Waals surface area contributed by atoms with Gasteiger partial charge in [0, 0.05) is 36.8 Å². The second-order valence-electron chi connectivity index (χ2n) is 8.69. The van der Waals surface area contributed by atoms with Gasteiger partial charge in [-0.25, -0.2) is 14.8 Å². The first kappa shape index (κ1) is 22.4. The third-order valence-electron chi connectivity index (χ3n) is 6.34. The van der Waals surface area contributed by atoms with Crippen LogP contribution >= 0.6 is 0 Å². The number of hydrogen-bond donors (Lipinski definition) is 0. The van der Waals surface area contributed by atoms with Gasteiger partial charge < -0.3 is 13.9 Å². The van der Waals surface area contributed by atoms with Crippen molar-refractivity contribution in [3.63, 3.8) is 0 Å². The van der Waals surface area contributed by atoms with Gasteiger partial charge in [-0.05, 0) is 23.8 Å². The van der Waals surface area contributed by atoms with Crippen molar-refractivity contribution in [1.29, 1.82) is 0 Å². The minimum atomic E-state index is -0.414. The van der Waals surface area contributed by atoms with Gasteiger partial charge in [0.15, 0.2) is 17.2 Å². The summed E-state index contributed by atoms with van der Waals surface area (Å²) in [6, 6.07) is 15.5. The largest absolute Gasteiger partial charge is 0.489 e. The minimum Gasteiger partial charge on any atom is -0.489 e. The maximum atomic E-state index is 12.7. The zero-order valence-corrected chi connectivity index (χ0v) is 19.7. The molecule has 0 unspecified atom stereocenters. The fraction of sp³-hybridized carbons (Fsp3) is 0.259. The fourth-order valence-corrected chi connectivity index (χ4v) is 4.46. The van der Waals surface area contributed by atoms with Crippen LogP contribution in [-0.2, 0) is 11.3 Å². The van der Waals surface area contributed by atoms with E-state index >= 15 is 0 Å². The molecule has 2 aromatic carbocycles. The molecule has 0 amide bonds. The highest BCUT2D eigenvalue weighted by Crippen LogP contribution is 2.24. The van der Waals surface area contributed by atoms with E-state index in [9.17, 15) is 4.79 Å². The number of aromatic nitrogens is 4. The lowest BCUT2D eigenvalue weighted by atomic mass is 10.1. The first-order valence-electron chi connectivity index (χ1n) is 12.0. The van der Waals surface area contributed by atoms with Crippen molar-refractivity contribution in [2.24, 2.45) is 0 Å². The third kappa shape index (κ3) is 4.58. The number of rotatable bonds is 7. The van der Waals surface area contributed by atoms with Crippen LogP contribution in [0.1, 0.15) is 5.56 Å². The second kappa shape index (κ2) is 9.88. The Balaban J connectivity index is 1.18. The quantitative estimate of drug-likeness (QED) is 0.348. The number of fused-ring (bicyclic) bond motifs is 3. The van der Waals surface area contributed by atoms with E-state index in [2.05, 4.69) is 19.9 Å². The first-order valence-corrected chi connectivity index (χ1v) is 12.0. The Kier molecular flexibility index (Phi) is 6.15. The number of pyridine rings is 1. The highest BCUT2D eigenvalue weighted by atomic mass is 16.5. The van der Waals surface area contributed by atoms with Crippen molar-refractivity contribution < 1.29 is 13.9 Å². The molecule has 6 rings (SSSR count). The minimum absolute atomic E-state index is 0.362. The molecule has 0 spiro atoms. The SMILES string of the molecule is O=c1oc2c3ncccc3ccc2n1Cc1cccc(-c2ncc(OCCN3CCOCC3)cn2)c1. The summed E-state index contributed by atoms with van der Waals surface area (Å²) in [7, 11) is 0. The Morgan fingerprint density at radius 1 is 0.972 bits per heavy atom. The van der Waals surface area contributed by atoms with E-state index in [-0.39, 0.29) is 0 Å². The number of hydrogen-bond acceptors (Lipinski definition) is 8. The molecule has 1 saturated heterocycles. The maximum absolute atomic E-state index is 12.7. The molecule has 0 atom stereocenters. The zero-order valence-electron chi connectivity index (χ0n) is 19.7. The number of morpholine rings is 1. The normalized spacial score (nSPS) is 14.4. The molecule has 0 bridgehead atoms. The van der Waals surface area contributed by atoms with Crippen molar-refractivity contribution in [2.45, 2.75) is 6.54 Å². The molecule has 5 aromatic rings. The van der Waals surface area contributed by atoms with Crippen LogP contribution in [0.5, 0.6) is 5.75 Å². The van der Waals surface area contributed by atoms with Gasteiger partial charge in [-0.3, -0.25) is 14.5 Å². The molecule has 0 aliphatic carbocycles. The average molecular weight is 484 g/mol.